The third kappa shape index (κ3) is 4.67. The van der Waals surface area contributed by atoms with E-state index in [2.05, 4.69) is 15.3 Å². The molecule has 1 aromatic rings. The van der Waals surface area contributed by atoms with Crippen LogP contribution in [-0.4, -0.2) is 46.1 Å². The number of anilines is 1. The number of amides is 1. The first-order valence-electron chi connectivity index (χ1n) is 6.18. The van der Waals surface area contributed by atoms with Gasteiger partial charge in [0.2, 0.25) is 0 Å². The van der Waals surface area contributed by atoms with Crippen molar-refractivity contribution in [3.8, 4) is 0 Å². The highest BCUT2D eigenvalue weighted by atomic mass is 19.4. The predicted octanol–water partition coefficient (Wildman–Crippen LogP) is 2.32. The summed E-state index contributed by atoms with van der Waals surface area (Å²) in [6, 6.07) is -0.589. The lowest BCUT2D eigenvalue weighted by Gasteiger charge is -2.27. The molecule has 0 aliphatic carbocycles. The van der Waals surface area contributed by atoms with Crippen molar-refractivity contribution in [2.24, 2.45) is 0 Å². The van der Waals surface area contributed by atoms with Gasteiger partial charge in [0.25, 0.3) is 5.91 Å². The second-order valence-corrected chi connectivity index (χ2v) is 4.46. The molecule has 0 saturated carbocycles. The zero-order valence-electron chi connectivity index (χ0n) is 11.5. The Kier molecular flexibility index (Phi) is 5.29. The summed E-state index contributed by atoms with van der Waals surface area (Å²) in [4.78, 5) is 20.6. The Morgan fingerprint density at radius 1 is 1.40 bits per heavy atom. The Balaban J connectivity index is 2.97. The Bertz CT molecular complexity index is 462. The molecule has 0 aliphatic heterocycles. The van der Waals surface area contributed by atoms with Gasteiger partial charge in [-0.1, -0.05) is 0 Å². The molecule has 0 spiro atoms. The number of hydrogen-bond donors (Lipinski definition) is 1. The Hall–Kier alpha value is -1.86. The largest absolute Gasteiger partial charge is 0.406 e. The fourth-order valence-corrected chi connectivity index (χ4v) is 1.56. The number of aromatic nitrogens is 2. The van der Waals surface area contributed by atoms with Crippen molar-refractivity contribution >= 4 is 11.7 Å². The minimum absolute atomic E-state index is 0.110. The van der Waals surface area contributed by atoms with Crippen molar-refractivity contribution < 1.29 is 18.0 Å². The number of halogens is 3. The first-order chi connectivity index (χ1) is 9.24. The molecule has 0 aromatic carbocycles. The van der Waals surface area contributed by atoms with Crippen LogP contribution < -0.4 is 5.32 Å². The number of hydrogen-bond acceptors (Lipinski definition) is 4. The summed E-state index contributed by atoms with van der Waals surface area (Å²) in [7, 11) is 0. The van der Waals surface area contributed by atoms with E-state index in [1.165, 1.54) is 20.0 Å². The Morgan fingerprint density at radius 3 is 2.55 bits per heavy atom. The van der Waals surface area contributed by atoms with Gasteiger partial charge in [0.05, 0.1) is 12.4 Å². The van der Waals surface area contributed by atoms with Gasteiger partial charge in [-0.05, 0) is 20.8 Å². The molecule has 1 N–H and O–H groups in total. The van der Waals surface area contributed by atoms with E-state index in [1.807, 2.05) is 6.92 Å². The van der Waals surface area contributed by atoms with Gasteiger partial charge in [0.15, 0.2) is 0 Å². The summed E-state index contributed by atoms with van der Waals surface area (Å²) >= 11 is 0. The third-order valence-electron chi connectivity index (χ3n) is 2.45. The highest BCUT2D eigenvalue weighted by Crippen LogP contribution is 2.19. The second-order valence-electron chi connectivity index (χ2n) is 4.46. The van der Waals surface area contributed by atoms with Gasteiger partial charge in [-0.2, -0.15) is 13.2 Å². The molecule has 1 heterocycles. The van der Waals surface area contributed by atoms with Crippen LogP contribution in [0.2, 0.25) is 0 Å². The monoisotopic (exact) mass is 290 g/mol. The molecule has 1 aromatic heterocycles. The third-order valence-corrected chi connectivity index (χ3v) is 2.45. The van der Waals surface area contributed by atoms with E-state index in [9.17, 15) is 18.0 Å². The van der Waals surface area contributed by atoms with Gasteiger partial charge in [0, 0.05) is 12.6 Å². The molecular formula is C12H17F3N4O. The normalized spacial score (nSPS) is 11.6. The number of carbonyl (C=O) groups excluding carboxylic acids is 1. The number of alkyl halides is 3. The summed E-state index contributed by atoms with van der Waals surface area (Å²) in [6.07, 6.45) is -1.88. The molecule has 20 heavy (non-hydrogen) atoms. The second kappa shape index (κ2) is 6.53. The molecule has 8 heteroatoms. The van der Waals surface area contributed by atoms with Crippen LogP contribution in [0.15, 0.2) is 12.4 Å². The Morgan fingerprint density at radius 2 is 2.05 bits per heavy atom. The fraction of sp³-hybridized carbons (Fsp3) is 0.583. The molecule has 0 aliphatic rings. The molecule has 112 valence electrons. The van der Waals surface area contributed by atoms with Crippen LogP contribution in [0.5, 0.6) is 0 Å². The standard InChI is InChI=1S/C12H17F3N4O/c1-4-17-10-6-16-5-9(18-10)11(20)19(8(2)3)7-12(13,14)15/h5-6,8H,4,7H2,1-3H3,(H,17,18). The maximum absolute atomic E-state index is 12.5. The van der Waals surface area contributed by atoms with E-state index < -0.39 is 24.7 Å². The molecule has 0 radical (unpaired) electrons. The van der Waals surface area contributed by atoms with E-state index >= 15 is 0 Å². The lowest BCUT2D eigenvalue weighted by molar-refractivity contribution is -0.143. The van der Waals surface area contributed by atoms with Gasteiger partial charge in [0.1, 0.15) is 18.1 Å². The van der Waals surface area contributed by atoms with Crippen molar-refractivity contribution in [1.29, 1.82) is 0 Å². The average molecular weight is 290 g/mol. The van der Waals surface area contributed by atoms with Gasteiger partial charge >= 0.3 is 6.18 Å². The van der Waals surface area contributed by atoms with E-state index in [0.717, 1.165) is 11.1 Å². The topological polar surface area (TPSA) is 58.1 Å². The summed E-state index contributed by atoms with van der Waals surface area (Å²) in [5.41, 5.74) is -0.110. The minimum Gasteiger partial charge on any atom is -0.369 e. The maximum Gasteiger partial charge on any atom is 0.406 e. The molecule has 1 rings (SSSR count). The van der Waals surface area contributed by atoms with Gasteiger partial charge < -0.3 is 10.2 Å². The number of rotatable bonds is 5. The molecule has 0 saturated heterocycles. The first kappa shape index (κ1) is 16.2. The van der Waals surface area contributed by atoms with Crippen molar-refractivity contribution in [1.82, 2.24) is 14.9 Å². The number of nitrogens with one attached hydrogen (secondary N) is 1. The summed E-state index contributed by atoms with van der Waals surface area (Å²) in [5.74, 6) is -0.432. The van der Waals surface area contributed by atoms with Gasteiger partial charge in [-0.25, -0.2) is 4.98 Å². The predicted molar refractivity (Wildman–Crippen MR) is 68.4 cm³/mol. The first-order valence-corrected chi connectivity index (χ1v) is 6.18. The smallest absolute Gasteiger partial charge is 0.369 e. The van der Waals surface area contributed by atoms with Crippen LogP contribution in [0.3, 0.4) is 0 Å². The average Bonchev–Trinajstić information content (AvgIpc) is 2.34. The van der Waals surface area contributed by atoms with Crippen LogP contribution in [0, 0.1) is 0 Å². The maximum atomic E-state index is 12.5. The lowest BCUT2D eigenvalue weighted by Crippen LogP contribution is -2.43. The quantitative estimate of drug-likeness (QED) is 0.904. The molecular weight excluding hydrogens is 273 g/mol. The lowest BCUT2D eigenvalue weighted by atomic mass is 10.2. The van der Waals surface area contributed by atoms with Crippen molar-refractivity contribution in [2.75, 3.05) is 18.4 Å². The highest BCUT2D eigenvalue weighted by Gasteiger charge is 2.35. The molecule has 0 atom stereocenters. The van der Waals surface area contributed by atoms with Crippen molar-refractivity contribution in [3.63, 3.8) is 0 Å². The minimum atomic E-state index is -4.45. The summed E-state index contributed by atoms with van der Waals surface area (Å²) < 4.78 is 37.5. The van der Waals surface area contributed by atoms with E-state index in [0.29, 0.717) is 12.4 Å². The number of nitrogens with zero attached hydrogens (tertiary/aromatic N) is 3. The van der Waals surface area contributed by atoms with Gasteiger partial charge in [-0.3, -0.25) is 9.78 Å². The Labute approximate surface area is 115 Å². The van der Waals surface area contributed by atoms with E-state index in [-0.39, 0.29) is 5.69 Å². The summed E-state index contributed by atoms with van der Waals surface area (Å²) in [5, 5.41) is 2.85. The zero-order valence-corrected chi connectivity index (χ0v) is 11.5. The van der Waals surface area contributed by atoms with Crippen LogP contribution in [0.25, 0.3) is 0 Å². The van der Waals surface area contributed by atoms with E-state index in [1.54, 1.807) is 0 Å². The SMILES string of the molecule is CCNc1cncc(C(=O)N(CC(F)(F)F)C(C)C)n1. The zero-order chi connectivity index (χ0) is 15.3. The van der Waals surface area contributed by atoms with Crippen molar-refractivity contribution in [3.05, 3.63) is 18.1 Å². The molecule has 0 fully saturated rings. The number of carbonyl (C=O) groups is 1. The van der Waals surface area contributed by atoms with Crippen LogP contribution in [0.4, 0.5) is 19.0 Å². The van der Waals surface area contributed by atoms with Crippen LogP contribution in [-0.2, 0) is 0 Å². The van der Waals surface area contributed by atoms with Crippen LogP contribution in [0.1, 0.15) is 31.3 Å². The van der Waals surface area contributed by atoms with E-state index in [4.69, 9.17) is 0 Å². The summed E-state index contributed by atoms with van der Waals surface area (Å²) in [6.45, 7) is 4.13. The van der Waals surface area contributed by atoms with Gasteiger partial charge in [-0.15, -0.1) is 0 Å². The molecule has 5 nitrogen and oxygen atoms in total. The highest BCUT2D eigenvalue weighted by molar-refractivity contribution is 5.92. The van der Waals surface area contributed by atoms with Crippen molar-refractivity contribution in [2.45, 2.75) is 33.0 Å². The van der Waals surface area contributed by atoms with Crippen LogP contribution >= 0.6 is 0 Å². The molecule has 0 unspecified atom stereocenters. The fourth-order valence-electron chi connectivity index (χ4n) is 1.56. The molecule has 1 amide bonds. The molecule has 0 bridgehead atoms.